The molecule has 2 aromatic carbocycles. The number of hydrogen-bond donors (Lipinski definition) is 2. The van der Waals surface area contributed by atoms with E-state index in [-0.39, 0.29) is 24.2 Å². The summed E-state index contributed by atoms with van der Waals surface area (Å²) >= 11 is 1.33. The summed E-state index contributed by atoms with van der Waals surface area (Å²) in [4.78, 5) is 24.3. The average Bonchev–Trinajstić information content (AvgIpc) is 2.67. The number of ether oxygens (including phenoxy) is 1. The van der Waals surface area contributed by atoms with Gasteiger partial charge >= 0.3 is 6.18 Å². The van der Waals surface area contributed by atoms with Crippen LogP contribution in [0.4, 0.5) is 18.9 Å². The van der Waals surface area contributed by atoms with Gasteiger partial charge in [0.25, 0.3) is 0 Å². The number of carbonyl (C=O) groups is 2. The molecular weight excluding hydrogens is 417 g/mol. The van der Waals surface area contributed by atoms with Crippen LogP contribution in [0.25, 0.3) is 0 Å². The van der Waals surface area contributed by atoms with Gasteiger partial charge in [0.05, 0.1) is 16.9 Å². The molecule has 2 unspecified atom stereocenters. The Morgan fingerprint density at radius 3 is 2.30 bits per heavy atom. The van der Waals surface area contributed by atoms with Crippen molar-refractivity contribution in [2.24, 2.45) is 0 Å². The average molecular weight is 440 g/mol. The number of thioether (sulfide) groups is 1. The van der Waals surface area contributed by atoms with Crippen molar-refractivity contribution >= 4 is 29.3 Å². The van der Waals surface area contributed by atoms with E-state index in [2.05, 4.69) is 10.6 Å². The zero-order valence-electron chi connectivity index (χ0n) is 16.7. The van der Waals surface area contributed by atoms with Crippen LogP contribution >= 0.6 is 11.8 Å². The van der Waals surface area contributed by atoms with Crippen molar-refractivity contribution in [1.29, 1.82) is 0 Å². The topological polar surface area (TPSA) is 67.4 Å². The Morgan fingerprint density at radius 1 is 1.07 bits per heavy atom. The fourth-order valence-corrected chi connectivity index (χ4v) is 3.40. The van der Waals surface area contributed by atoms with Gasteiger partial charge in [-0.2, -0.15) is 13.2 Å². The first-order valence-corrected chi connectivity index (χ1v) is 10.1. The highest BCUT2D eigenvalue weighted by molar-refractivity contribution is 8.00. The molecule has 0 saturated carbocycles. The van der Waals surface area contributed by atoms with E-state index in [0.29, 0.717) is 5.69 Å². The van der Waals surface area contributed by atoms with Gasteiger partial charge in [0, 0.05) is 17.5 Å². The summed E-state index contributed by atoms with van der Waals surface area (Å²) in [7, 11) is 0. The van der Waals surface area contributed by atoms with Crippen LogP contribution < -0.4 is 15.4 Å². The third kappa shape index (κ3) is 7.29. The smallest absolute Gasteiger partial charge is 0.419 e. The maximum absolute atomic E-state index is 13.0. The minimum Gasteiger partial charge on any atom is -0.491 e. The van der Waals surface area contributed by atoms with Gasteiger partial charge in [-0.05, 0) is 50.2 Å². The number of hydrogen-bond acceptors (Lipinski definition) is 4. The molecule has 0 heterocycles. The lowest BCUT2D eigenvalue weighted by atomic mass is 10.2. The lowest BCUT2D eigenvalue weighted by Gasteiger charge is -2.19. The molecule has 0 radical (unpaired) electrons. The fraction of sp³-hybridized carbons (Fsp3) is 0.333. The van der Waals surface area contributed by atoms with Gasteiger partial charge in [-0.3, -0.25) is 9.59 Å². The molecule has 0 bridgehead atoms. The molecule has 162 valence electrons. The monoisotopic (exact) mass is 440 g/mol. The molecule has 2 amide bonds. The molecule has 2 N–H and O–H groups in total. The SMILES string of the molecule is CC(=O)Nc1ccc(SC(C)C(=O)NC(C)COc2ccccc2C(F)(F)F)cc1. The Labute approximate surface area is 177 Å². The molecule has 0 aliphatic carbocycles. The normalized spacial score (nSPS) is 13.3. The molecule has 0 saturated heterocycles. The van der Waals surface area contributed by atoms with Crippen molar-refractivity contribution in [3.05, 3.63) is 54.1 Å². The molecular formula is C21H23F3N2O3S. The second-order valence-electron chi connectivity index (χ2n) is 6.68. The summed E-state index contributed by atoms with van der Waals surface area (Å²) in [6.45, 7) is 4.71. The van der Waals surface area contributed by atoms with Crippen LogP contribution in [0.5, 0.6) is 5.75 Å². The van der Waals surface area contributed by atoms with Gasteiger partial charge < -0.3 is 15.4 Å². The summed E-state index contributed by atoms with van der Waals surface area (Å²) in [6.07, 6.45) is -4.51. The Morgan fingerprint density at radius 2 is 1.70 bits per heavy atom. The highest BCUT2D eigenvalue weighted by Crippen LogP contribution is 2.35. The molecule has 0 aliphatic heterocycles. The molecule has 2 atom stereocenters. The predicted molar refractivity (Wildman–Crippen MR) is 111 cm³/mol. The highest BCUT2D eigenvalue weighted by atomic mass is 32.2. The van der Waals surface area contributed by atoms with E-state index in [0.717, 1.165) is 11.0 Å². The molecule has 0 aromatic heterocycles. The number of rotatable bonds is 8. The van der Waals surface area contributed by atoms with Crippen LogP contribution in [-0.4, -0.2) is 29.7 Å². The summed E-state index contributed by atoms with van der Waals surface area (Å²) in [5, 5.41) is 4.98. The van der Waals surface area contributed by atoms with Gasteiger partial charge in [-0.15, -0.1) is 11.8 Å². The number of amides is 2. The van der Waals surface area contributed by atoms with E-state index in [1.165, 1.54) is 36.9 Å². The summed E-state index contributed by atoms with van der Waals surface area (Å²) in [5.41, 5.74) is -0.191. The van der Waals surface area contributed by atoms with Crippen molar-refractivity contribution in [1.82, 2.24) is 5.32 Å². The predicted octanol–water partition coefficient (Wildman–Crippen LogP) is 4.73. The maximum Gasteiger partial charge on any atom is 0.419 e. The van der Waals surface area contributed by atoms with Crippen molar-refractivity contribution in [2.75, 3.05) is 11.9 Å². The Kier molecular flexibility index (Phi) is 8.16. The van der Waals surface area contributed by atoms with E-state index in [1.54, 1.807) is 38.1 Å². The zero-order chi connectivity index (χ0) is 22.3. The van der Waals surface area contributed by atoms with Crippen molar-refractivity contribution in [3.8, 4) is 5.75 Å². The second-order valence-corrected chi connectivity index (χ2v) is 8.09. The van der Waals surface area contributed by atoms with Crippen LogP contribution in [0.1, 0.15) is 26.3 Å². The molecule has 2 aromatic rings. The Balaban J connectivity index is 1.86. The number of halogens is 3. The zero-order valence-corrected chi connectivity index (χ0v) is 17.6. The molecule has 0 aliphatic rings. The van der Waals surface area contributed by atoms with E-state index >= 15 is 0 Å². The minimum absolute atomic E-state index is 0.0956. The third-order valence-electron chi connectivity index (χ3n) is 3.93. The number of carbonyl (C=O) groups excluding carboxylic acids is 2. The number of benzene rings is 2. The number of anilines is 1. The minimum atomic E-state index is -4.51. The van der Waals surface area contributed by atoms with Gasteiger partial charge in [0.15, 0.2) is 0 Å². The first kappa shape index (κ1) is 23.6. The first-order chi connectivity index (χ1) is 14.1. The van der Waals surface area contributed by atoms with Crippen LogP contribution in [0.3, 0.4) is 0 Å². The number of para-hydroxylation sites is 1. The van der Waals surface area contributed by atoms with Gasteiger partial charge in [-0.1, -0.05) is 12.1 Å². The van der Waals surface area contributed by atoms with Gasteiger partial charge in [0.1, 0.15) is 12.4 Å². The van der Waals surface area contributed by atoms with E-state index in [4.69, 9.17) is 4.74 Å². The van der Waals surface area contributed by atoms with E-state index in [1.807, 2.05) is 0 Å². The standard InChI is InChI=1S/C21H23F3N2O3S/c1-13(12-29-19-7-5-4-6-18(19)21(22,23)24)25-20(28)14(2)30-17-10-8-16(9-11-17)26-15(3)27/h4-11,13-14H,12H2,1-3H3,(H,25,28)(H,26,27). The molecule has 9 heteroatoms. The Bertz CT molecular complexity index is 873. The van der Waals surface area contributed by atoms with Crippen LogP contribution in [0.15, 0.2) is 53.4 Å². The second kappa shape index (κ2) is 10.4. The van der Waals surface area contributed by atoms with Crippen molar-refractivity contribution in [3.63, 3.8) is 0 Å². The molecule has 30 heavy (non-hydrogen) atoms. The van der Waals surface area contributed by atoms with E-state index < -0.39 is 23.0 Å². The molecule has 2 rings (SSSR count). The van der Waals surface area contributed by atoms with Crippen LogP contribution in [0.2, 0.25) is 0 Å². The summed E-state index contributed by atoms with van der Waals surface area (Å²) in [6, 6.07) is 11.5. The molecule has 0 fully saturated rings. The Hall–Kier alpha value is -2.68. The number of nitrogens with one attached hydrogen (secondary N) is 2. The number of alkyl halides is 3. The van der Waals surface area contributed by atoms with Crippen LogP contribution in [0, 0.1) is 0 Å². The van der Waals surface area contributed by atoms with Crippen molar-refractivity contribution in [2.45, 2.75) is 43.1 Å². The van der Waals surface area contributed by atoms with Gasteiger partial charge in [-0.25, -0.2) is 0 Å². The molecule has 5 nitrogen and oxygen atoms in total. The summed E-state index contributed by atoms with van der Waals surface area (Å²) in [5.74, 6) is -0.698. The quantitative estimate of drug-likeness (QED) is 0.583. The highest BCUT2D eigenvalue weighted by Gasteiger charge is 2.34. The largest absolute Gasteiger partial charge is 0.491 e. The lowest BCUT2D eigenvalue weighted by molar-refractivity contribution is -0.139. The van der Waals surface area contributed by atoms with E-state index in [9.17, 15) is 22.8 Å². The maximum atomic E-state index is 13.0. The van der Waals surface area contributed by atoms with Gasteiger partial charge in [0.2, 0.25) is 11.8 Å². The van der Waals surface area contributed by atoms with Crippen molar-refractivity contribution < 1.29 is 27.5 Å². The molecule has 0 spiro atoms. The van der Waals surface area contributed by atoms with Crippen LogP contribution in [-0.2, 0) is 15.8 Å². The third-order valence-corrected chi connectivity index (χ3v) is 5.04. The summed E-state index contributed by atoms with van der Waals surface area (Å²) < 4.78 is 44.3. The fourth-order valence-electron chi connectivity index (χ4n) is 2.52. The lowest BCUT2D eigenvalue weighted by Crippen LogP contribution is -2.40. The first-order valence-electron chi connectivity index (χ1n) is 9.20.